The van der Waals surface area contributed by atoms with Crippen LogP contribution < -0.4 is 5.73 Å². The Kier molecular flexibility index (Phi) is 3.95. The lowest BCUT2D eigenvalue weighted by Crippen LogP contribution is -2.12. The molecular weight excluding hydrogens is 234 g/mol. The average molecular weight is 259 g/mol. The first kappa shape index (κ1) is 14.1. The monoisotopic (exact) mass is 259 g/mol. The third kappa shape index (κ3) is 2.52. The third-order valence-corrected chi connectivity index (χ3v) is 3.94. The van der Waals surface area contributed by atoms with Crippen LogP contribution in [0.5, 0.6) is 0 Å². The predicted octanol–water partition coefficient (Wildman–Crippen LogP) is 3.84. The lowest BCUT2D eigenvalue weighted by Gasteiger charge is -2.20. The number of benzene rings is 1. The number of aromatic nitrogens is 2. The summed E-state index contributed by atoms with van der Waals surface area (Å²) >= 11 is 0. The molecule has 0 amide bonds. The number of nitrogens with zero attached hydrogens (tertiary/aromatic N) is 2. The van der Waals surface area contributed by atoms with E-state index in [1.165, 1.54) is 11.3 Å². The molecule has 0 aliphatic rings. The van der Waals surface area contributed by atoms with Gasteiger partial charge in [-0.05, 0) is 37.5 Å². The van der Waals surface area contributed by atoms with Gasteiger partial charge in [0.15, 0.2) is 0 Å². The van der Waals surface area contributed by atoms with Gasteiger partial charge in [0.25, 0.3) is 0 Å². The SMILES string of the molecule is CC(C)C(C)c1nc2cc(CN)ccc2n1C(C)C. The molecule has 1 atom stereocenters. The van der Waals surface area contributed by atoms with Crippen molar-refractivity contribution in [2.24, 2.45) is 11.7 Å². The topological polar surface area (TPSA) is 43.8 Å². The normalized spacial score (nSPS) is 13.7. The zero-order valence-corrected chi connectivity index (χ0v) is 12.6. The standard InChI is InChI=1S/C16H25N3/c1-10(2)12(5)16-18-14-8-13(9-17)6-7-15(14)19(16)11(3)4/h6-8,10-12H,9,17H2,1-5H3. The molecule has 104 valence electrons. The van der Waals surface area contributed by atoms with Gasteiger partial charge in [-0.2, -0.15) is 0 Å². The van der Waals surface area contributed by atoms with Crippen molar-refractivity contribution in [3.05, 3.63) is 29.6 Å². The third-order valence-electron chi connectivity index (χ3n) is 3.94. The van der Waals surface area contributed by atoms with E-state index in [1.54, 1.807) is 0 Å². The molecule has 0 aliphatic carbocycles. The highest BCUT2D eigenvalue weighted by Gasteiger charge is 2.20. The van der Waals surface area contributed by atoms with Gasteiger partial charge in [0.2, 0.25) is 0 Å². The molecule has 0 radical (unpaired) electrons. The van der Waals surface area contributed by atoms with Crippen molar-refractivity contribution in [2.75, 3.05) is 0 Å². The van der Waals surface area contributed by atoms with Gasteiger partial charge in [0, 0.05) is 18.5 Å². The molecule has 2 aromatic rings. The first-order chi connectivity index (χ1) is 8.95. The van der Waals surface area contributed by atoms with E-state index in [2.05, 4.69) is 57.4 Å². The second kappa shape index (κ2) is 5.33. The minimum atomic E-state index is 0.421. The van der Waals surface area contributed by atoms with Gasteiger partial charge >= 0.3 is 0 Å². The molecule has 0 spiro atoms. The van der Waals surface area contributed by atoms with Crippen LogP contribution in [0.15, 0.2) is 18.2 Å². The Morgan fingerprint density at radius 2 is 1.84 bits per heavy atom. The van der Waals surface area contributed by atoms with Gasteiger partial charge in [-0.1, -0.05) is 26.8 Å². The van der Waals surface area contributed by atoms with Crippen LogP contribution in [-0.4, -0.2) is 9.55 Å². The maximum Gasteiger partial charge on any atom is 0.113 e. The molecule has 3 nitrogen and oxygen atoms in total. The van der Waals surface area contributed by atoms with E-state index in [4.69, 9.17) is 10.7 Å². The summed E-state index contributed by atoms with van der Waals surface area (Å²) in [5.41, 5.74) is 9.15. The van der Waals surface area contributed by atoms with Crippen molar-refractivity contribution in [1.82, 2.24) is 9.55 Å². The molecule has 1 heterocycles. The fourth-order valence-electron chi connectivity index (χ4n) is 2.45. The zero-order valence-electron chi connectivity index (χ0n) is 12.6. The maximum atomic E-state index is 5.72. The molecule has 0 bridgehead atoms. The van der Waals surface area contributed by atoms with Crippen LogP contribution in [0.4, 0.5) is 0 Å². The van der Waals surface area contributed by atoms with Crippen molar-refractivity contribution in [2.45, 2.75) is 53.1 Å². The molecule has 1 unspecified atom stereocenters. The van der Waals surface area contributed by atoms with Crippen molar-refractivity contribution in [3.63, 3.8) is 0 Å². The quantitative estimate of drug-likeness (QED) is 0.906. The Hall–Kier alpha value is -1.35. The van der Waals surface area contributed by atoms with E-state index in [-0.39, 0.29) is 0 Å². The van der Waals surface area contributed by atoms with Crippen LogP contribution >= 0.6 is 0 Å². The molecular formula is C16H25N3. The molecule has 1 aromatic heterocycles. The van der Waals surface area contributed by atoms with Gasteiger partial charge in [-0.3, -0.25) is 0 Å². The largest absolute Gasteiger partial charge is 0.326 e. The van der Waals surface area contributed by atoms with Crippen LogP contribution in [0.2, 0.25) is 0 Å². The smallest absolute Gasteiger partial charge is 0.113 e. The molecule has 1 aromatic carbocycles. The lowest BCUT2D eigenvalue weighted by atomic mass is 9.97. The Morgan fingerprint density at radius 3 is 2.37 bits per heavy atom. The van der Waals surface area contributed by atoms with Crippen LogP contribution in [0.1, 0.15) is 58.0 Å². The summed E-state index contributed by atoms with van der Waals surface area (Å²) in [5.74, 6) is 2.23. The lowest BCUT2D eigenvalue weighted by molar-refractivity contribution is 0.469. The summed E-state index contributed by atoms with van der Waals surface area (Å²) in [5, 5.41) is 0. The van der Waals surface area contributed by atoms with E-state index in [1.807, 2.05) is 0 Å². The van der Waals surface area contributed by atoms with Gasteiger partial charge in [-0.15, -0.1) is 0 Å². The molecule has 19 heavy (non-hydrogen) atoms. The minimum Gasteiger partial charge on any atom is -0.326 e. The number of hydrogen-bond donors (Lipinski definition) is 1. The predicted molar refractivity (Wildman–Crippen MR) is 81.3 cm³/mol. The summed E-state index contributed by atoms with van der Waals surface area (Å²) in [6.45, 7) is 11.8. The van der Waals surface area contributed by atoms with Gasteiger partial charge in [0.1, 0.15) is 5.82 Å². The Balaban J connectivity index is 2.65. The van der Waals surface area contributed by atoms with Crippen molar-refractivity contribution in [1.29, 1.82) is 0 Å². The highest BCUT2D eigenvalue weighted by Crippen LogP contribution is 2.30. The molecule has 0 saturated heterocycles. The van der Waals surface area contributed by atoms with Crippen LogP contribution in [0.3, 0.4) is 0 Å². The fraction of sp³-hybridized carbons (Fsp3) is 0.562. The van der Waals surface area contributed by atoms with Crippen LogP contribution in [-0.2, 0) is 6.54 Å². The summed E-state index contributed by atoms with van der Waals surface area (Å²) in [6, 6.07) is 6.79. The highest BCUT2D eigenvalue weighted by molar-refractivity contribution is 5.77. The molecule has 2 N–H and O–H groups in total. The summed E-state index contributed by atoms with van der Waals surface area (Å²) in [6.07, 6.45) is 0. The molecule has 0 saturated carbocycles. The summed E-state index contributed by atoms with van der Waals surface area (Å²) in [4.78, 5) is 4.87. The van der Waals surface area contributed by atoms with Gasteiger partial charge < -0.3 is 10.3 Å². The number of fused-ring (bicyclic) bond motifs is 1. The number of imidazole rings is 1. The maximum absolute atomic E-state index is 5.72. The second-order valence-electron chi connectivity index (χ2n) is 5.99. The average Bonchev–Trinajstić information content (AvgIpc) is 2.75. The fourth-order valence-corrected chi connectivity index (χ4v) is 2.45. The van der Waals surface area contributed by atoms with E-state index >= 15 is 0 Å². The van der Waals surface area contributed by atoms with Crippen molar-refractivity contribution < 1.29 is 0 Å². The molecule has 2 rings (SSSR count). The van der Waals surface area contributed by atoms with Crippen molar-refractivity contribution in [3.8, 4) is 0 Å². The zero-order chi connectivity index (χ0) is 14.2. The van der Waals surface area contributed by atoms with Gasteiger partial charge in [-0.25, -0.2) is 4.98 Å². The first-order valence-corrected chi connectivity index (χ1v) is 7.16. The highest BCUT2D eigenvalue weighted by atomic mass is 15.1. The van der Waals surface area contributed by atoms with Crippen LogP contribution in [0, 0.1) is 5.92 Å². The Morgan fingerprint density at radius 1 is 1.16 bits per heavy atom. The second-order valence-corrected chi connectivity index (χ2v) is 5.99. The van der Waals surface area contributed by atoms with Crippen LogP contribution in [0.25, 0.3) is 11.0 Å². The molecule has 0 fully saturated rings. The van der Waals surface area contributed by atoms with E-state index < -0.39 is 0 Å². The Bertz CT molecular complexity index is 567. The van der Waals surface area contributed by atoms with E-state index in [0.29, 0.717) is 24.4 Å². The molecule has 0 aliphatic heterocycles. The minimum absolute atomic E-state index is 0.421. The number of nitrogens with two attached hydrogens (primary N) is 1. The summed E-state index contributed by atoms with van der Waals surface area (Å²) < 4.78 is 2.36. The van der Waals surface area contributed by atoms with E-state index in [9.17, 15) is 0 Å². The first-order valence-electron chi connectivity index (χ1n) is 7.16. The van der Waals surface area contributed by atoms with E-state index in [0.717, 1.165) is 11.1 Å². The molecule has 3 heteroatoms. The number of hydrogen-bond acceptors (Lipinski definition) is 2. The Labute approximate surface area is 115 Å². The number of rotatable bonds is 4. The summed E-state index contributed by atoms with van der Waals surface area (Å²) in [7, 11) is 0. The van der Waals surface area contributed by atoms with Gasteiger partial charge in [0.05, 0.1) is 11.0 Å². The van der Waals surface area contributed by atoms with Crippen molar-refractivity contribution >= 4 is 11.0 Å².